The fourth-order valence-electron chi connectivity index (χ4n) is 4.21. The van der Waals surface area contributed by atoms with Crippen molar-refractivity contribution in [3.63, 3.8) is 0 Å². The summed E-state index contributed by atoms with van der Waals surface area (Å²) in [5.74, 6) is -0.268. The molecule has 5 rings (SSSR count). The maximum absolute atomic E-state index is 14.0. The fourth-order valence-corrected chi connectivity index (χ4v) is 4.21. The van der Waals surface area contributed by atoms with Gasteiger partial charge in [-0.3, -0.25) is 4.90 Å². The number of hydrogen-bond donors (Lipinski definition) is 1. The third-order valence-electron chi connectivity index (χ3n) is 5.85. The van der Waals surface area contributed by atoms with Crippen molar-refractivity contribution in [2.75, 3.05) is 43.4 Å². The van der Waals surface area contributed by atoms with Crippen molar-refractivity contribution < 1.29 is 13.5 Å². The smallest absolute Gasteiger partial charge is 0.252 e. The lowest BCUT2D eigenvalue weighted by Crippen LogP contribution is -2.57. The van der Waals surface area contributed by atoms with E-state index in [0.717, 1.165) is 37.0 Å². The second-order valence-corrected chi connectivity index (χ2v) is 7.93. The first kappa shape index (κ1) is 22.9. The van der Waals surface area contributed by atoms with E-state index in [4.69, 9.17) is 10.5 Å². The Morgan fingerprint density at radius 2 is 2.12 bits per heavy atom. The Labute approximate surface area is 196 Å². The number of benzene rings is 1. The van der Waals surface area contributed by atoms with Crippen LogP contribution in [0, 0.1) is 18.6 Å². The normalized spacial score (nSPS) is 17.9. The minimum Gasteiger partial charge on any atom is -0.486 e. The van der Waals surface area contributed by atoms with Gasteiger partial charge in [-0.15, -0.1) is 12.4 Å². The van der Waals surface area contributed by atoms with E-state index < -0.39 is 11.6 Å². The lowest BCUT2D eigenvalue weighted by Gasteiger charge is -2.45. The lowest BCUT2D eigenvalue weighted by molar-refractivity contribution is 0.173. The molecule has 1 atom stereocenters. The SMILES string of the molecule is Cc1c(/C=C/CN2CCN3c4cc(F)cc(F)c4OCC3C2)cnn1-c1nccc(N)n1.Cl. The van der Waals surface area contributed by atoms with Gasteiger partial charge in [0.1, 0.15) is 18.2 Å². The number of anilines is 2. The molecule has 174 valence electrons. The van der Waals surface area contributed by atoms with E-state index in [1.54, 1.807) is 23.1 Å². The van der Waals surface area contributed by atoms with Crippen molar-refractivity contribution in [3.05, 3.63) is 59.6 Å². The first-order chi connectivity index (χ1) is 15.5. The Hall–Kier alpha value is -3.24. The number of aromatic nitrogens is 4. The first-order valence-electron chi connectivity index (χ1n) is 10.4. The van der Waals surface area contributed by atoms with Crippen LogP contribution in [0.25, 0.3) is 12.0 Å². The zero-order chi connectivity index (χ0) is 22.2. The number of piperazine rings is 1. The van der Waals surface area contributed by atoms with E-state index in [1.165, 1.54) is 6.07 Å². The van der Waals surface area contributed by atoms with Crippen molar-refractivity contribution in [2.45, 2.75) is 13.0 Å². The van der Waals surface area contributed by atoms with Crippen LogP contribution in [0.5, 0.6) is 5.75 Å². The zero-order valence-corrected chi connectivity index (χ0v) is 18.8. The summed E-state index contributed by atoms with van der Waals surface area (Å²) in [6.45, 7) is 5.29. The van der Waals surface area contributed by atoms with Crippen LogP contribution in [0.4, 0.5) is 20.3 Å². The zero-order valence-electron chi connectivity index (χ0n) is 18.0. The van der Waals surface area contributed by atoms with Crippen molar-refractivity contribution >= 4 is 30.0 Å². The second-order valence-electron chi connectivity index (χ2n) is 7.93. The number of halogens is 3. The summed E-state index contributed by atoms with van der Waals surface area (Å²) in [4.78, 5) is 12.8. The van der Waals surface area contributed by atoms with Crippen LogP contribution >= 0.6 is 12.4 Å². The quantitative estimate of drug-likeness (QED) is 0.621. The van der Waals surface area contributed by atoms with E-state index >= 15 is 0 Å². The van der Waals surface area contributed by atoms with Crippen molar-refractivity contribution in [1.29, 1.82) is 0 Å². The Morgan fingerprint density at radius 1 is 1.27 bits per heavy atom. The fraction of sp³-hybridized carbons (Fsp3) is 0.318. The van der Waals surface area contributed by atoms with Gasteiger partial charge in [-0.25, -0.2) is 18.4 Å². The van der Waals surface area contributed by atoms with Gasteiger partial charge in [0.15, 0.2) is 11.6 Å². The van der Waals surface area contributed by atoms with Crippen LogP contribution < -0.4 is 15.4 Å². The lowest BCUT2D eigenvalue weighted by atomic mass is 10.1. The molecule has 33 heavy (non-hydrogen) atoms. The van der Waals surface area contributed by atoms with Gasteiger partial charge in [-0.1, -0.05) is 12.2 Å². The summed E-state index contributed by atoms with van der Waals surface area (Å²) < 4.78 is 35.0. The Bertz CT molecular complexity index is 1190. The Kier molecular flexibility index (Phi) is 6.48. The number of hydrogen-bond acceptors (Lipinski definition) is 7. The number of nitrogen functional groups attached to an aromatic ring is 1. The first-order valence-corrected chi connectivity index (χ1v) is 10.4. The van der Waals surface area contributed by atoms with Gasteiger partial charge in [-0.05, 0) is 13.0 Å². The number of ether oxygens (including phenoxy) is 1. The molecule has 0 radical (unpaired) electrons. The van der Waals surface area contributed by atoms with Gasteiger partial charge in [0, 0.05) is 50.1 Å². The number of nitrogens with zero attached hydrogens (tertiary/aromatic N) is 6. The maximum atomic E-state index is 14.0. The molecule has 1 aromatic carbocycles. The van der Waals surface area contributed by atoms with Gasteiger partial charge >= 0.3 is 0 Å². The Morgan fingerprint density at radius 3 is 2.94 bits per heavy atom. The summed E-state index contributed by atoms with van der Waals surface area (Å²) in [5, 5.41) is 4.37. The Balaban J connectivity index is 0.00000259. The third kappa shape index (κ3) is 4.49. The van der Waals surface area contributed by atoms with Gasteiger partial charge in [0.05, 0.1) is 23.6 Å². The predicted molar refractivity (Wildman–Crippen MR) is 124 cm³/mol. The van der Waals surface area contributed by atoms with Gasteiger partial charge in [-0.2, -0.15) is 10.1 Å². The number of fused-ring (bicyclic) bond motifs is 3. The molecule has 0 bridgehead atoms. The van der Waals surface area contributed by atoms with Crippen LogP contribution in [0.1, 0.15) is 11.3 Å². The largest absolute Gasteiger partial charge is 0.486 e. The van der Waals surface area contributed by atoms with E-state index in [-0.39, 0.29) is 24.2 Å². The highest BCUT2D eigenvalue weighted by Gasteiger charge is 2.34. The van der Waals surface area contributed by atoms with Crippen LogP contribution in [0.2, 0.25) is 0 Å². The molecular weight excluding hydrogens is 452 g/mol. The van der Waals surface area contributed by atoms with E-state index in [1.807, 2.05) is 17.9 Å². The molecule has 0 aliphatic carbocycles. The van der Waals surface area contributed by atoms with E-state index in [0.29, 0.717) is 30.6 Å². The van der Waals surface area contributed by atoms with Crippen LogP contribution in [-0.2, 0) is 0 Å². The van der Waals surface area contributed by atoms with E-state index in [2.05, 4.69) is 26.0 Å². The summed E-state index contributed by atoms with van der Waals surface area (Å²) in [6, 6.07) is 3.90. The highest BCUT2D eigenvalue weighted by atomic mass is 35.5. The molecule has 0 amide bonds. The summed E-state index contributed by atoms with van der Waals surface area (Å²) in [7, 11) is 0. The topological polar surface area (TPSA) is 85.3 Å². The summed E-state index contributed by atoms with van der Waals surface area (Å²) in [6.07, 6.45) is 7.48. The van der Waals surface area contributed by atoms with Crippen LogP contribution in [0.3, 0.4) is 0 Å². The summed E-state index contributed by atoms with van der Waals surface area (Å²) >= 11 is 0. The van der Waals surface area contributed by atoms with Crippen LogP contribution in [-0.4, -0.2) is 63.5 Å². The molecule has 2 aliphatic rings. The highest BCUT2D eigenvalue weighted by molar-refractivity contribution is 5.85. The van der Waals surface area contributed by atoms with Crippen molar-refractivity contribution in [3.8, 4) is 11.7 Å². The average molecular weight is 476 g/mol. The molecule has 1 unspecified atom stereocenters. The molecule has 4 heterocycles. The summed E-state index contributed by atoms with van der Waals surface area (Å²) in [5.41, 5.74) is 8.13. The average Bonchev–Trinajstić information content (AvgIpc) is 3.13. The number of rotatable bonds is 4. The molecule has 2 N–H and O–H groups in total. The molecule has 11 heteroatoms. The van der Waals surface area contributed by atoms with E-state index in [9.17, 15) is 8.78 Å². The second kappa shape index (κ2) is 9.32. The molecule has 8 nitrogen and oxygen atoms in total. The van der Waals surface area contributed by atoms with Gasteiger partial charge < -0.3 is 15.4 Å². The van der Waals surface area contributed by atoms with Gasteiger partial charge in [0.25, 0.3) is 5.95 Å². The predicted octanol–water partition coefficient (Wildman–Crippen LogP) is 2.85. The van der Waals surface area contributed by atoms with Crippen molar-refractivity contribution in [1.82, 2.24) is 24.6 Å². The minimum atomic E-state index is -0.650. The van der Waals surface area contributed by atoms with Crippen LogP contribution in [0.15, 0.2) is 36.7 Å². The standard InChI is InChI=1S/C22H23F2N7O.ClH/c1-14-15(11-27-31(14)22-26-5-4-20(25)28-22)3-2-6-29-7-8-30-17(12-29)13-32-21-18(24)9-16(23)10-19(21)30;/h2-5,9-11,17H,6-8,12-13H2,1H3,(H2,25,26,28);1H/b3-2+;. The molecule has 0 saturated carbocycles. The molecule has 2 aliphatic heterocycles. The molecule has 1 saturated heterocycles. The number of nitrogens with two attached hydrogens (primary N) is 1. The molecule has 1 fully saturated rings. The molecule has 3 aromatic rings. The highest BCUT2D eigenvalue weighted by Crippen LogP contribution is 2.38. The third-order valence-corrected chi connectivity index (χ3v) is 5.85. The minimum absolute atomic E-state index is 0. The molecule has 0 spiro atoms. The monoisotopic (exact) mass is 475 g/mol. The van der Waals surface area contributed by atoms with Gasteiger partial charge in [0.2, 0.25) is 0 Å². The molecule has 2 aromatic heterocycles. The molecular formula is C22H24ClF2N7O. The maximum Gasteiger partial charge on any atom is 0.252 e. The van der Waals surface area contributed by atoms with Crippen molar-refractivity contribution in [2.24, 2.45) is 0 Å².